The Morgan fingerprint density at radius 1 is 0.733 bits per heavy atom. The van der Waals surface area contributed by atoms with Gasteiger partial charge in [0.25, 0.3) is 0 Å². The maximum atomic E-state index is 3.52. The molecule has 1 aliphatic heterocycles. The summed E-state index contributed by atoms with van der Waals surface area (Å²) in [5, 5.41) is 3.52. The number of hydrogen-bond donors (Lipinski definition) is 1. The van der Waals surface area contributed by atoms with Crippen LogP contribution in [-0.2, 0) is 0 Å². The van der Waals surface area contributed by atoms with Gasteiger partial charge in [0.05, 0.1) is 0 Å². The van der Waals surface area contributed by atoms with Gasteiger partial charge in [-0.05, 0) is 68.9 Å². The molecule has 1 saturated heterocycles. The van der Waals surface area contributed by atoms with E-state index in [1.165, 1.54) is 45.2 Å². The second-order valence-electron chi connectivity index (χ2n) is 6.09. The summed E-state index contributed by atoms with van der Waals surface area (Å²) in [6.45, 7) is 2.58. The van der Waals surface area contributed by atoms with Crippen LogP contribution in [0.4, 0.5) is 0 Å². The normalized spacial score (nSPS) is 32.8. The zero-order valence-electron chi connectivity index (χ0n) is 9.93. The minimum Gasteiger partial charge on any atom is -0.317 e. The standard InChI is InChI=1S/C14H25N/c1-2-4-12(5-3-1)14(8-9-14)13-6-10-15-11-7-13/h12-13,15H,1-11H2. The third-order valence-electron chi connectivity index (χ3n) is 5.40. The minimum atomic E-state index is 0.850. The topological polar surface area (TPSA) is 12.0 Å². The Labute approximate surface area is 94.0 Å². The first-order valence-electron chi connectivity index (χ1n) is 7.12. The molecule has 0 aromatic rings. The van der Waals surface area contributed by atoms with E-state index < -0.39 is 0 Å². The Bertz CT molecular complexity index is 187. The largest absolute Gasteiger partial charge is 0.317 e. The molecule has 0 radical (unpaired) electrons. The van der Waals surface area contributed by atoms with E-state index in [0.29, 0.717) is 0 Å². The van der Waals surface area contributed by atoms with E-state index in [-0.39, 0.29) is 0 Å². The van der Waals surface area contributed by atoms with Crippen LogP contribution in [0.5, 0.6) is 0 Å². The maximum absolute atomic E-state index is 3.52. The number of nitrogens with one attached hydrogen (secondary N) is 1. The van der Waals surface area contributed by atoms with E-state index in [4.69, 9.17) is 0 Å². The molecule has 1 N–H and O–H groups in total. The van der Waals surface area contributed by atoms with Crippen molar-refractivity contribution in [3.63, 3.8) is 0 Å². The van der Waals surface area contributed by atoms with E-state index >= 15 is 0 Å². The summed E-state index contributed by atoms with van der Waals surface area (Å²) in [6.07, 6.45) is 13.8. The molecule has 0 spiro atoms. The third kappa shape index (κ3) is 1.84. The lowest BCUT2D eigenvalue weighted by Gasteiger charge is -2.38. The summed E-state index contributed by atoms with van der Waals surface area (Å²) in [4.78, 5) is 0. The predicted molar refractivity (Wildman–Crippen MR) is 63.8 cm³/mol. The van der Waals surface area contributed by atoms with Crippen molar-refractivity contribution in [3.8, 4) is 0 Å². The fourth-order valence-electron chi connectivity index (χ4n) is 4.37. The van der Waals surface area contributed by atoms with Gasteiger partial charge in [-0.1, -0.05) is 19.3 Å². The monoisotopic (exact) mass is 207 g/mol. The summed E-state index contributed by atoms with van der Waals surface area (Å²) in [5.74, 6) is 2.20. The predicted octanol–water partition coefficient (Wildman–Crippen LogP) is 3.35. The Hall–Kier alpha value is -0.0400. The summed E-state index contributed by atoms with van der Waals surface area (Å²) in [6, 6.07) is 0. The number of rotatable bonds is 2. The van der Waals surface area contributed by atoms with Crippen molar-refractivity contribution in [2.24, 2.45) is 17.3 Å². The molecule has 0 aromatic carbocycles. The summed E-state index contributed by atoms with van der Waals surface area (Å²) >= 11 is 0. The average Bonchev–Trinajstić information content (AvgIpc) is 3.13. The first-order valence-corrected chi connectivity index (χ1v) is 7.12. The highest BCUT2D eigenvalue weighted by Crippen LogP contribution is 2.62. The third-order valence-corrected chi connectivity index (χ3v) is 5.40. The highest BCUT2D eigenvalue weighted by atomic mass is 14.9. The van der Waals surface area contributed by atoms with Crippen LogP contribution in [-0.4, -0.2) is 13.1 Å². The maximum Gasteiger partial charge on any atom is -0.00461 e. The Kier molecular flexibility index (Phi) is 2.76. The van der Waals surface area contributed by atoms with Crippen LogP contribution in [0.15, 0.2) is 0 Å². The van der Waals surface area contributed by atoms with Crippen molar-refractivity contribution in [1.82, 2.24) is 5.32 Å². The first-order chi connectivity index (χ1) is 7.42. The van der Waals surface area contributed by atoms with Gasteiger partial charge < -0.3 is 5.32 Å². The van der Waals surface area contributed by atoms with Crippen molar-refractivity contribution >= 4 is 0 Å². The molecule has 1 heterocycles. The van der Waals surface area contributed by atoms with Crippen LogP contribution in [0.2, 0.25) is 0 Å². The number of piperidine rings is 1. The average molecular weight is 207 g/mol. The molecule has 3 aliphatic rings. The molecule has 0 amide bonds. The van der Waals surface area contributed by atoms with Gasteiger partial charge in [0.1, 0.15) is 0 Å². The molecule has 2 aliphatic carbocycles. The lowest BCUT2D eigenvalue weighted by atomic mass is 9.69. The lowest BCUT2D eigenvalue weighted by molar-refractivity contribution is 0.126. The fraction of sp³-hybridized carbons (Fsp3) is 1.00. The van der Waals surface area contributed by atoms with Crippen molar-refractivity contribution in [2.45, 2.75) is 57.8 Å². The molecule has 3 rings (SSSR count). The van der Waals surface area contributed by atoms with Gasteiger partial charge in [0.15, 0.2) is 0 Å². The fourth-order valence-corrected chi connectivity index (χ4v) is 4.37. The van der Waals surface area contributed by atoms with Crippen LogP contribution in [0.3, 0.4) is 0 Å². The van der Waals surface area contributed by atoms with Crippen molar-refractivity contribution in [3.05, 3.63) is 0 Å². The molecular weight excluding hydrogens is 182 g/mol. The molecule has 2 saturated carbocycles. The van der Waals surface area contributed by atoms with Gasteiger partial charge in [0.2, 0.25) is 0 Å². The van der Waals surface area contributed by atoms with E-state index in [1.54, 1.807) is 25.7 Å². The van der Waals surface area contributed by atoms with E-state index in [2.05, 4.69) is 5.32 Å². The van der Waals surface area contributed by atoms with Gasteiger partial charge in [-0.15, -0.1) is 0 Å². The van der Waals surface area contributed by atoms with E-state index in [9.17, 15) is 0 Å². The molecule has 1 nitrogen and oxygen atoms in total. The van der Waals surface area contributed by atoms with E-state index in [0.717, 1.165) is 17.3 Å². The summed E-state index contributed by atoms with van der Waals surface area (Å²) in [7, 11) is 0. The second kappa shape index (κ2) is 4.08. The quantitative estimate of drug-likeness (QED) is 0.732. The van der Waals surface area contributed by atoms with Gasteiger partial charge in [-0.25, -0.2) is 0 Å². The van der Waals surface area contributed by atoms with Crippen LogP contribution in [0, 0.1) is 17.3 Å². The molecule has 86 valence electrons. The van der Waals surface area contributed by atoms with Gasteiger partial charge >= 0.3 is 0 Å². The molecule has 3 fully saturated rings. The van der Waals surface area contributed by atoms with Gasteiger partial charge in [0, 0.05) is 0 Å². The van der Waals surface area contributed by atoms with Crippen molar-refractivity contribution < 1.29 is 0 Å². The van der Waals surface area contributed by atoms with Gasteiger partial charge in [-0.3, -0.25) is 0 Å². The summed E-state index contributed by atoms with van der Waals surface area (Å²) in [5.41, 5.74) is 0.850. The lowest BCUT2D eigenvalue weighted by Crippen LogP contribution is -2.36. The van der Waals surface area contributed by atoms with Crippen molar-refractivity contribution in [2.75, 3.05) is 13.1 Å². The van der Waals surface area contributed by atoms with Crippen LogP contribution >= 0.6 is 0 Å². The van der Waals surface area contributed by atoms with Crippen LogP contribution < -0.4 is 5.32 Å². The Morgan fingerprint density at radius 2 is 1.33 bits per heavy atom. The Morgan fingerprint density at radius 3 is 1.93 bits per heavy atom. The molecule has 0 unspecified atom stereocenters. The smallest absolute Gasteiger partial charge is 0.00461 e. The Balaban J connectivity index is 1.66. The number of hydrogen-bond acceptors (Lipinski definition) is 1. The van der Waals surface area contributed by atoms with Crippen LogP contribution in [0.25, 0.3) is 0 Å². The highest BCUT2D eigenvalue weighted by Gasteiger charge is 2.53. The van der Waals surface area contributed by atoms with Crippen LogP contribution in [0.1, 0.15) is 57.8 Å². The van der Waals surface area contributed by atoms with E-state index in [1.807, 2.05) is 0 Å². The second-order valence-corrected chi connectivity index (χ2v) is 6.09. The first kappa shape index (κ1) is 10.1. The molecular formula is C14H25N. The molecule has 0 aromatic heterocycles. The highest BCUT2D eigenvalue weighted by molar-refractivity contribution is 5.04. The molecule has 0 bridgehead atoms. The van der Waals surface area contributed by atoms with Crippen molar-refractivity contribution in [1.29, 1.82) is 0 Å². The van der Waals surface area contributed by atoms with Gasteiger partial charge in [-0.2, -0.15) is 0 Å². The minimum absolute atomic E-state index is 0.850. The zero-order chi connectivity index (χ0) is 10.1. The molecule has 0 atom stereocenters. The molecule has 1 heteroatoms. The summed E-state index contributed by atoms with van der Waals surface area (Å²) < 4.78 is 0. The SMILES string of the molecule is C1CCC(C2(C3CCNCC3)CC2)CC1. The molecule has 15 heavy (non-hydrogen) atoms. The zero-order valence-corrected chi connectivity index (χ0v) is 9.93.